The molecular weight excluding hydrogens is 284 g/mol. The molecule has 0 fully saturated rings. The van der Waals surface area contributed by atoms with Gasteiger partial charge in [0, 0.05) is 19.8 Å². The highest BCUT2D eigenvalue weighted by Gasteiger charge is 2.00. The van der Waals surface area contributed by atoms with E-state index in [1.165, 1.54) is 16.3 Å². The van der Waals surface area contributed by atoms with Crippen molar-refractivity contribution in [3.63, 3.8) is 0 Å². The third kappa shape index (κ3) is 4.07. The maximum absolute atomic E-state index is 4.29. The lowest BCUT2D eigenvalue weighted by Crippen LogP contribution is -2.36. The van der Waals surface area contributed by atoms with E-state index in [0.717, 1.165) is 18.2 Å². The van der Waals surface area contributed by atoms with Crippen LogP contribution >= 0.6 is 0 Å². The number of aliphatic imine (C=N–C) groups is 1. The van der Waals surface area contributed by atoms with E-state index >= 15 is 0 Å². The van der Waals surface area contributed by atoms with Crippen LogP contribution < -0.4 is 10.6 Å². The molecule has 0 unspecified atom stereocenters. The summed E-state index contributed by atoms with van der Waals surface area (Å²) in [7, 11) is 1.77. The average molecular weight is 304 g/mol. The van der Waals surface area contributed by atoms with Crippen LogP contribution in [-0.4, -0.2) is 18.0 Å². The maximum Gasteiger partial charge on any atom is 0.191 e. The molecular formula is C19H20N4. The summed E-state index contributed by atoms with van der Waals surface area (Å²) in [5.74, 6) is 0.767. The van der Waals surface area contributed by atoms with E-state index < -0.39 is 0 Å². The molecule has 0 aliphatic rings. The zero-order valence-corrected chi connectivity index (χ0v) is 13.2. The molecule has 4 heteroatoms. The predicted octanol–water partition coefficient (Wildman–Crippen LogP) is 3.10. The first-order valence-corrected chi connectivity index (χ1v) is 7.67. The lowest BCUT2D eigenvalue weighted by atomic mass is 10.1. The van der Waals surface area contributed by atoms with Gasteiger partial charge in [-0.05, 0) is 34.5 Å². The fourth-order valence-corrected chi connectivity index (χ4v) is 2.43. The molecule has 0 aliphatic carbocycles. The van der Waals surface area contributed by atoms with E-state index in [4.69, 9.17) is 0 Å². The Morgan fingerprint density at radius 3 is 2.48 bits per heavy atom. The number of nitrogens with zero attached hydrogens (tertiary/aromatic N) is 2. The van der Waals surface area contributed by atoms with Gasteiger partial charge in [0.1, 0.15) is 0 Å². The summed E-state index contributed by atoms with van der Waals surface area (Å²) >= 11 is 0. The van der Waals surface area contributed by atoms with E-state index in [2.05, 4.69) is 63.1 Å². The number of hydrogen-bond acceptors (Lipinski definition) is 2. The first kappa shape index (κ1) is 15.0. The van der Waals surface area contributed by atoms with Crippen LogP contribution in [0.15, 0.2) is 71.9 Å². The normalized spacial score (nSPS) is 11.4. The molecule has 3 aromatic rings. The average Bonchev–Trinajstić information content (AvgIpc) is 2.62. The summed E-state index contributed by atoms with van der Waals surface area (Å²) < 4.78 is 0. The van der Waals surface area contributed by atoms with E-state index in [1.807, 2.05) is 18.2 Å². The molecule has 0 radical (unpaired) electrons. The minimum absolute atomic E-state index is 0.651. The van der Waals surface area contributed by atoms with Gasteiger partial charge in [0.05, 0.1) is 12.2 Å². The van der Waals surface area contributed by atoms with Gasteiger partial charge in [-0.3, -0.25) is 9.98 Å². The molecule has 0 amide bonds. The first-order valence-electron chi connectivity index (χ1n) is 7.67. The van der Waals surface area contributed by atoms with Crippen LogP contribution in [0.4, 0.5) is 0 Å². The van der Waals surface area contributed by atoms with Crippen LogP contribution in [0, 0.1) is 0 Å². The molecule has 0 saturated heterocycles. The molecule has 4 nitrogen and oxygen atoms in total. The molecule has 3 rings (SSSR count). The van der Waals surface area contributed by atoms with Crippen molar-refractivity contribution in [1.82, 2.24) is 15.6 Å². The zero-order chi connectivity index (χ0) is 15.9. The Hall–Kier alpha value is -2.88. The molecule has 0 bridgehead atoms. The third-order valence-corrected chi connectivity index (χ3v) is 3.66. The fraction of sp³-hybridized carbons (Fsp3) is 0.158. The van der Waals surface area contributed by atoms with Crippen molar-refractivity contribution in [2.24, 2.45) is 4.99 Å². The molecule has 0 atom stereocenters. The van der Waals surface area contributed by atoms with Gasteiger partial charge < -0.3 is 10.6 Å². The third-order valence-electron chi connectivity index (χ3n) is 3.66. The van der Waals surface area contributed by atoms with Gasteiger partial charge in [-0.25, -0.2) is 0 Å². The van der Waals surface area contributed by atoms with Gasteiger partial charge in [-0.15, -0.1) is 0 Å². The van der Waals surface area contributed by atoms with E-state index in [1.54, 1.807) is 13.2 Å². The summed E-state index contributed by atoms with van der Waals surface area (Å²) in [5, 5.41) is 9.11. The molecule has 2 N–H and O–H groups in total. The second kappa shape index (κ2) is 7.40. The smallest absolute Gasteiger partial charge is 0.191 e. The monoisotopic (exact) mass is 304 g/mol. The van der Waals surface area contributed by atoms with Crippen LogP contribution in [0.2, 0.25) is 0 Å². The molecule has 2 aromatic carbocycles. The van der Waals surface area contributed by atoms with Crippen molar-refractivity contribution in [1.29, 1.82) is 0 Å². The molecule has 1 heterocycles. The van der Waals surface area contributed by atoms with Gasteiger partial charge in [-0.1, -0.05) is 42.5 Å². The summed E-state index contributed by atoms with van der Waals surface area (Å²) in [6.07, 6.45) is 1.79. The van der Waals surface area contributed by atoms with Crippen molar-refractivity contribution < 1.29 is 0 Å². The number of hydrogen-bond donors (Lipinski definition) is 2. The number of pyridine rings is 1. The SMILES string of the molecule is CN=C(NCc1ccc2ccccc2c1)NCc1ccccn1. The molecule has 116 valence electrons. The highest BCUT2D eigenvalue weighted by atomic mass is 15.2. The lowest BCUT2D eigenvalue weighted by molar-refractivity contribution is 0.795. The van der Waals surface area contributed by atoms with Crippen molar-refractivity contribution >= 4 is 16.7 Å². The fourth-order valence-electron chi connectivity index (χ4n) is 2.43. The van der Waals surface area contributed by atoms with Crippen LogP contribution in [0.25, 0.3) is 10.8 Å². The van der Waals surface area contributed by atoms with Crippen molar-refractivity contribution in [3.8, 4) is 0 Å². The quantitative estimate of drug-likeness (QED) is 0.575. The summed E-state index contributed by atoms with van der Waals surface area (Å²) in [5.41, 5.74) is 2.21. The standard InChI is InChI=1S/C19H20N4/c1-20-19(23-14-18-8-4-5-11-21-18)22-13-15-9-10-16-6-2-3-7-17(16)12-15/h2-12H,13-14H2,1H3,(H2,20,22,23). The van der Waals surface area contributed by atoms with Crippen molar-refractivity contribution in [2.45, 2.75) is 13.1 Å². The lowest BCUT2D eigenvalue weighted by Gasteiger charge is -2.12. The zero-order valence-electron chi connectivity index (χ0n) is 13.2. The Kier molecular flexibility index (Phi) is 4.84. The Morgan fingerprint density at radius 2 is 1.70 bits per heavy atom. The van der Waals surface area contributed by atoms with Gasteiger partial charge in [0.25, 0.3) is 0 Å². The van der Waals surface area contributed by atoms with Crippen LogP contribution in [0.5, 0.6) is 0 Å². The topological polar surface area (TPSA) is 49.3 Å². The van der Waals surface area contributed by atoms with Gasteiger partial charge >= 0.3 is 0 Å². The first-order chi connectivity index (χ1) is 11.3. The minimum Gasteiger partial charge on any atom is -0.352 e. The second-order valence-electron chi connectivity index (χ2n) is 5.28. The Balaban J connectivity index is 1.58. The van der Waals surface area contributed by atoms with E-state index in [0.29, 0.717) is 6.54 Å². The molecule has 0 saturated carbocycles. The Morgan fingerprint density at radius 1 is 0.913 bits per heavy atom. The summed E-state index contributed by atoms with van der Waals surface area (Å²) in [6.45, 7) is 1.38. The number of nitrogens with one attached hydrogen (secondary N) is 2. The Bertz CT molecular complexity index is 797. The van der Waals surface area contributed by atoms with Crippen LogP contribution in [0.1, 0.15) is 11.3 Å². The number of aromatic nitrogens is 1. The highest BCUT2D eigenvalue weighted by Crippen LogP contribution is 2.15. The van der Waals surface area contributed by atoms with Crippen LogP contribution in [0.3, 0.4) is 0 Å². The largest absolute Gasteiger partial charge is 0.352 e. The van der Waals surface area contributed by atoms with Gasteiger partial charge in [0.15, 0.2) is 5.96 Å². The van der Waals surface area contributed by atoms with E-state index in [9.17, 15) is 0 Å². The van der Waals surface area contributed by atoms with Gasteiger partial charge in [0.2, 0.25) is 0 Å². The maximum atomic E-state index is 4.29. The predicted molar refractivity (Wildman–Crippen MR) is 95.2 cm³/mol. The molecule has 0 aliphatic heterocycles. The van der Waals surface area contributed by atoms with Crippen molar-refractivity contribution in [2.75, 3.05) is 7.05 Å². The summed E-state index contributed by atoms with van der Waals surface area (Å²) in [4.78, 5) is 8.54. The Labute approximate surface area is 136 Å². The molecule has 23 heavy (non-hydrogen) atoms. The number of fused-ring (bicyclic) bond motifs is 1. The van der Waals surface area contributed by atoms with Crippen LogP contribution in [-0.2, 0) is 13.1 Å². The molecule has 1 aromatic heterocycles. The van der Waals surface area contributed by atoms with Gasteiger partial charge in [-0.2, -0.15) is 0 Å². The van der Waals surface area contributed by atoms with E-state index in [-0.39, 0.29) is 0 Å². The second-order valence-corrected chi connectivity index (χ2v) is 5.28. The number of benzene rings is 2. The molecule has 0 spiro atoms. The minimum atomic E-state index is 0.651. The number of guanidine groups is 1. The van der Waals surface area contributed by atoms with Crippen molar-refractivity contribution in [3.05, 3.63) is 78.1 Å². The summed E-state index contributed by atoms with van der Waals surface area (Å²) in [6, 6.07) is 20.8. The number of rotatable bonds is 4. The highest BCUT2D eigenvalue weighted by molar-refractivity contribution is 5.83.